The van der Waals surface area contributed by atoms with E-state index in [4.69, 9.17) is 0 Å². The van der Waals surface area contributed by atoms with E-state index in [0.717, 1.165) is 0 Å². The summed E-state index contributed by atoms with van der Waals surface area (Å²) >= 11 is 0. The topological polar surface area (TPSA) is 59.2 Å². The first-order valence-electron chi connectivity index (χ1n) is 4.82. The van der Waals surface area contributed by atoms with Crippen LogP contribution in [0.5, 0.6) is 0 Å². The molecule has 1 N–H and O–H groups in total. The van der Waals surface area contributed by atoms with Gasteiger partial charge in [0.2, 0.25) is 0 Å². The molecule has 4 heteroatoms. The smallest absolute Gasteiger partial charge is 0.316 e. The molecule has 82 valence electrons. The molecule has 0 spiro atoms. The highest BCUT2D eigenvalue weighted by Gasteiger charge is 2.31. The van der Waals surface area contributed by atoms with Crippen molar-refractivity contribution in [2.45, 2.75) is 13.8 Å². The van der Waals surface area contributed by atoms with Crippen LogP contribution in [-0.4, -0.2) is 23.8 Å². The van der Waals surface area contributed by atoms with E-state index >= 15 is 0 Å². The average molecular weight is 209 g/mol. The summed E-state index contributed by atoms with van der Waals surface area (Å²) in [6, 6.07) is 1.65. The molecule has 1 aromatic heterocycles. The molecule has 1 heterocycles. The standard InChI is InChI=1S/C11H15NO3/c1-7(2)9(11(14)15-3)10(13)8-4-5-12-6-8/h4-7,9,12H,1-3H3. The molecule has 0 bridgehead atoms. The summed E-state index contributed by atoms with van der Waals surface area (Å²) in [4.78, 5) is 26.2. The van der Waals surface area contributed by atoms with Crippen molar-refractivity contribution in [1.82, 2.24) is 4.98 Å². The van der Waals surface area contributed by atoms with Gasteiger partial charge in [-0.2, -0.15) is 0 Å². The second-order valence-corrected chi connectivity index (χ2v) is 3.71. The van der Waals surface area contributed by atoms with Gasteiger partial charge in [-0.05, 0) is 12.0 Å². The number of nitrogens with one attached hydrogen (secondary N) is 1. The van der Waals surface area contributed by atoms with Crippen molar-refractivity contribution in [3.05, 3.63) is 24.0 Å². The Morgan fingerprint density at radius 1 is 1.40 bits per heavy atom. The summed E-state index contributed by atoms with van der Waals surface area (Å²) in [7, 11) is 1.29. The van der Waals surface area contributed by atoms with Crippen LogP contribution in [0.1, 0.15) is 24.2 Å². The van der Waals surface area contributed by atoms with Crippen molar-refractivity contribution in [2.24, 2.45) is 11.8 Å². The Hall–Kier alpha value is -1.58. The number of hydrogen-bond acceptors (Lipinski definition) is 3. The van der Waals surface area contributed by atoms with Gasteiger partial charge in [0.25, 0.3) is 0 Å². The monoisotopic (exact) mass is 209 g/mol. The van der Waals surface area contributed by atoms with Crippen LogP contribution in [0, 0.1) is 11.8 Å². The van der Waals surface area contributed by atoms with Gasteiger partial charge in [0.05, 0.1) is 7.11 Å². The van der Waals surface area contributed by atoms with Crippen molar-refractivity contribution >= 4 is 11.8 Å². The Balaban J connectivity index is 2.91. The maximum absolute atomic E-state index is 11.9. The van der Waals surface area contributed by atoms with Gasteiger partial charge in [0.15, 0.2) is 5.78 Å². The number of esters is 1. The summed E-state index contributed by atoms with van der Waals surface area (Å²) < 4.78 is 4.62. The summed E-state index contributed by atoms with van der Waals surface area (Å²) in [5.41, 5.74) is 0.513. The SMILES string of the molecule is COC(=O)C(C(=O)c1cc[nH]c1)C(C)C. The summed E-state index contributed by atoms with van der Waals surface area (Å²) in [6.07, 6.45) is 3.24. The lowest BCUT2D eigenvalue weighted by atomic mass is 9.89. The maximum atomic E-state index is 11.9. The average Bonchev–Trinajstić information content (AvgIpc) is 2.69. The van der Waals surface area contributed by atoms with Crippen molar-refractivity contribution in [3.8, 4) is 0 Å². The number of H-pyrrole nitrogens is 1. The van der Waals surface area contributed by atoms with Crippen LogP contribution in [0.15, 0.2) is 18.5 Å². The molecule has 0 aliphatic heterocycles. The van der Waals surface area contributed by atoms with E-state index in [1.54, 1.807) is 18.5 Å². The fourth-order valence-electron chi connectivity index (χ4n) is 1.47. The zero-order valence-corrected chi connectivity index (χ0v) is 9.11. The van der Waals surface area contributed by atoms with Gasteiger partial charge in [-0.1, -0.05) is 13.8 Å². The predicted octanol–water partition coefficient (Wildman–Crippen LogP) is 1.64. The third-order valence-corrected chi connectivity index (χ3v) is 2.29. The molecular weight excluding hydrogens is 194 g/mol. The van der Waals surface area contributed by atoms with E-state index in [1.807, 2.05) is 13.8 Å². The number of ether oxygens (including phenoxy) is 1. The second-order valence-electron chi connectivity index (χ2n) is 3.71. The minimum absolute atomic E-state index is 0.0696. The van der Waals surface area contributed by atoms with Gasteiger partial charge in [-0.25, -0.2) is 0 Å². The Labute approximate surface area is 88.6 Å². The highest BCUT2D eigenvalue weighted by molar-refractivity contribution is 6.08. The minimum atomic E-state index is -0.717. The number of carbonyl (C=O) groups is 2. The molecule has 0 amide bonds. The van der Waals surface area contributed by atoms with Gasteiger partial charge in [0.1, 0.15) is 5.92 Å². The molecular formula is C11H15NO3. The molecule has 15 heavy (non-hydrogen) atoms. The van der Waals surface area contributed by atoms with E-state index < -0.39 is 11.9 Å². The summed E-state index contributed by atoms with van der Waals surface area (Å²) in [6.45, 7) is 3.65. The van der Waals surface area contributed by atoms with Crippen LogP contribution in [0.4, 0.5) is 0 Å². The van der Waals surface area contributed by atoms with E-state index in [0.29, 0.717) is 5.56 Å². The highest BCUT2D eigenvalue weighted by Crippen LogP contribution is 2.18. The first kappa shape index (κ1) is 11.5. The van der Waals surface area contributed by atoms with Crippen molar-refractivity contribution in [3.63, 3.8) is 0 Å². The third-order valence-electron chi connectivity index (χ3n) is 2.29. The fourth-order valence-corrected chi connectivity index (χ4v) is 1.47. The summed E-state index contributed by atoms with van der Waals surface area (Å²) in [5, 5.41) is 0. The number of methoxy groups -OCH3 is 1. The molecule has 0 aliphatic carbocycles. The van der Waals surface area contributed by atoms with E-state index in [9.17, 15) is 9.59 Å². The fraction of sp³-hybridized carbons (Fsp3) is 0.455. The predicted molar refractivity (Wildman–Crippen MR) is 55.5 cm³/mol. The number of Topliss-reactive ketones (excluding diaryl/α,β-unsaturated/α-hetero) is 1. The van der Waals surface area contributed by atoms with Gasteiger partial charge < -0.3 is 9.72 Å². The Morgan fingerprint density at radius 3 is 2.47 bits per heavy atom. The van der Waals surface area contributed by atoms with Crippen LogP contribution in [0.3, 0.4) is 0 Å². The first-order chi connectivity index (χ1) is 7.07. The largest absolute Gasteiger partial charge is 0.468 e. The van der Waals surface area contributed by atoms with E-state index in [2.05, 4.69) is 9.72 Å². The molecule has 0 fully saturated rings. The van der Waals surface area contributed by atoms with Gasteiger partial charge in [-0.15, -0.1) is 0 Å². The van der Waals surface area contributed by atoms with Crippen LogP contribution in [0.25, 0.3) is 0 Å². The van der Waals surface area contributed by atoms with Gasteiger partial charge >= 0.3 is 5.97 Å². The van der Waals surface area contributed by atoms with Crippen LogP contribution in [0.2, 0.25) is 0 Å². The number of aromatic nitrogens is 1. The van der Waals surface area contributed by atoms with Crippen molar-refractivity contribution in [1.29, 1.82) is 0 Å². The summed E-state index contributed by atoms with van der Waals surface area (Å²) in [5.74, 6) is -1.46. The molecule has 0 saturated carbocycles. The molecule has 0 aliphatic rings. The number of ketones is 1. The van der Waals surface area contributed by atoms with E-state index in [-0.39, 0.29) is 11.7 Å². The molecule has 4 nitrogen and oxygen atoms in total. The maximum Gasteiger partial charge on any atom is 0.316 e. The lowest BCUT2D eigenvalue weighted by molar-refractivity contribution is -0.144. The second kappa shape index (κ2) is 4.77. The van der Waals surface area contributed by atoms with Crippen LogP contribution >= 0.6 is 0 Å². The Kier molecular flexibility index (Phi) is 3.66. The van der Waals surface area contributed by atoms with E-state index in [1.165, 1.54) is 7.11 Å². The van der Waals surface area contributed by atoms with Crippen LogP contribution < -0.4 is 0 Å². The minimum Gasteiger partial charge on any atom is -0.468 e. The first-order valence-corrected chi connectivity index (χ1v) is 4.82. The molecule has 1 unspecified atom stereocenters. The lowest BCUT2D eigenvalue weighted by Crippen LogP contribution is -2.29. The zero-order valence-electron chi connectivity index (χ0n) is 9.11. The Bertz CT molecular complexity index is 341. The van der Waals surface area contributed by atoms with Gasteiger partial charge in [-0.3, -0.25) is 9.59 Å². The molecule has 1 aromatic rings. The molecule has 1 rings (SSSR count). The quantitative estimate of drug-likeness (QED) is 0.466. The number of hydrogen-bond donors (Lipinski definition) is 1. The molecule has 1 atom stereocenters. The van der Waals surface area contributed by atoms with Crippen molar-refractivity contribution in [2.75, 3.05) is 7.11 Å². The Morgan fingerprint density at radius 2 is 2.07 bits per heavy atom. The normalized spacial score (nSPS) is 12.5. The highest BCUT2D eigenvalue weighted by atomic mass is 16.5. The number of carbonyl (C=O) groups excluding carboxylic acids is 2. The van der Waals surface area contributed by atoms with Gasteiger partial charge in [0, 0.05) is 18.0 Å². The molecule has 0 radical (unpaired) electrons. The zero-order chi connectivity index (χ0) is 11.4. The lowest BCUT2D eigenvalue weighted by Gasteiger charge is -2.16. The molecule has 0 saturated heterocycles. The number of aromatic amines is 1. The number of rotatable bonds is 4. The van der Waals surface area contributed by atoms with Crippen LogP contribution in [-0.2, 0) is 9.53 Å². The molecule has 0 aromatic carbocycles. The third kappa shape index (κ3) is 2.46. The van der Waals surface area contributed by atoms with Crippen molar-refractivity contribution < 1.29 is 14.3 Å².